The van der Waals surface area contributed by atoms with Crippen molar-refractivity contribution in [3.05, 3.63) is 107 Å². The molecule has 3 aromatic carbocycles. The van der Waals surface area contributed by atoms with Gasteiger partial charge in [0.25, 0.3) is 0 Å². The van der Waals surface area contributed by atoms with E-state index in [0.717, 1.165) is 33.7 Å². The Morgan fingerprint density at radius 2 is 1.76 bits per heavy atom. The lowest BCUT2D eigenvalue weighted by Gasteiger charge is -2.37. The van der Waals surface area contributed by atoms with Gasteiger partial charge < -0.3 is 15.8 Å². The van der Waals surface area contributed by atoms with E-state index in [1.54, 1.807) is 0 Å². The van der Waals surface area contributed by atoms with Gasteiger partial charge in [-0.2, -0.15) is 5.10 Å². The molecule has 0 aromatic heterocycles. The molecular weight excluding hydrogens is 358 g/mol. The van der Waals surface area contributed by atoms with Crippen molar-refractivity contribution in [3.8, 4) is 0 Å². The Morgan fingerprint density at radius 3 is 2.41 bits per heavy atom. The van der Waals surface area contributed by atoms with Gasteiger partial charge >= 0.3 is 0 Å². The van der Waals surface area contributed by atoms with Gasteiger partial charge in [0, 0.05) is 18.3 Å². The summed E-state index contributed by atoms with van der Waals surface area (Å²) < 4.78 is 0. The number of hydrazone groups is 1. The van der Waals surface area contributed by atoms with Gasteiger partial charge in [0.1, 0.15) is 0 Å². The number of hydrogen-bond donors (Lipinski definition) is 3. The second-order valence-corrected chi connectivity index (χ2v) is 7.10. The number of benzene rings is 3. The minimum absolute atomic E-state index is 0.00445. The molecule has 0 spiro atoms. The van der Waals surface area contributed by atoms with E-state index in [1.807, 2.05) is 37.4 Å². The number of rotatable bonds is 5. The highest BCUT2D eigenvalue weighted by Gasteiger charge is 2.36. The van der Waals surface area contributed by atoms with Crippen LogP contribution in [0.2, 0.25) is 0 Å². The third-order valence-corrected chi connectivity index (χ3v) is 5.42. The van der Waals surface area contributed by atoms with E-state index in [9.17, 15) is 5.11 Å². The van der Waals surface area contributed by atoms with Gasteiger partial charge in [-0.25, -0.2) is 0 Å². The van der Waals surface area contributed by atoms with Crippen molar-refractivity contribution in [2.75, 3.05) is 12.4 Å². The summed E-state index contributed by atoms with van der Waals surface area (Å²) in [4.78, 5) is 0. The first-order valence-corrected chi connectivity index (χ1v) is 9.78. The van der Waals surface area contributed by atoms with Crippen LogP contribution >= 0.6 is 0 Å². The SMILES string of the molecule is C=Cc1cccc2c1/C(=N\NC)C(c1ccccc1)C(c1ccc(CO)cc1)N2. The van der Waals surface area contributed by atoms with Crippen molar-refractivity contribution in [1.82, 2.24) is 5.43 Å². The molecular formula is C25H25N3O. The van der Waals surface area contributed by atoms with Crippen LogP contribution in [0, 0.1) is 0 Å². The van der Waals surface area contributed by atoms with Gasteiger partial charge in [0.2, 0.25) is 0 Å². The third kappa shape index (κ3) is 3.55. The normalized spacial score (nSPS) is 19.3. The maximum absolute atomic E-state index is 9.42. The predicted octanol–water partition coefficient (Wildman–Crippen LogP) is 4.70. The Morgan fingerprint density at radius 1 is 1.00 bits per heavy atom. The summed E-state index contributed by atoms with van der Waals surface area (Å²) in [6.07, 6.45) is 1.88. The summed E-state index contributed by atoms with van der Waals surface area (Å²) in [5, 5.41) is 17.9. The summed E-state index contributed by atoms with van der Waals surface area (Å²) >= 11 is 0. The molecule has 4 nitrogen and oxygen atoms in total. The molecule has 0 saturated heterocycles. The minimum Gasteiger partial charge on any atom is -0.392 e. The van der Waals surface area contributed by atoms with Crippen LogP contribution in [0.15, 0.2) is 84.5 Å². The molecule has 1 heterocycles. The molecule has 0 radical (unpaired) electrons. The lowest BCUT2D eigenvalue weighted by molar-refractivity contribution is 0.282. The molecule has 29 heavy (non-hydrogen) atoms. The molecule has 4 heteroatoms. The lowest BCUT2D eigenvalue weighted by Crippen LogP contribution is -2.34. The Hall–Kier alpha value is -3.37. The number of nitrogens with zero attached hydrogens (tertiary/aromatic N) is 1. The Kier molecular flexibility index (Phi) is 5.45. The van der Waals surface area contributed by atoms with E-state index >= 15 is 0 Å². The first kappa shape index (κ1) is 19.0. The molecule has 2 atom stereocenters. The fourth-order valence-corrected chi connectivity index (χ4v) is 4.07. The topological polar surface area (TPSA) is 56.7 Å². The van der Waals surface area contributed by atoms with E-state index in [-0.39, 0.29) is 18.6 Å². The van der Waals surface area contributed by atoms with Crippen LogP contribution < -0.4 is 10.7 Å². The maximum atomic E-state index is 9.42. The first-order chi connectivity index (χ1) is 14.3. The highest BCUT2D eigenvalue weighted by molar-refractivity contribution is 6.13. The molecule has 4 rings (SSSR count). The first-order valence-electron chi connectivity index (χ1n) is 9.78. The zero-order valence-electron chi connectivity index (χ0n) is 16.5. The van der Waals surface area contributed by atoms with Crippen molar-refractivity contribution in [1.29, 1.82) is 0 Å². The molecule has 3 N–H and O–H groups in total. The lowest BCUT2D eigenvalue weighted by atomic mass is 9.76. The summed E-state index contributed by atoms with van der Waals surface area (Å²) in [6, 6.07) is 24.8. The number of nitrogens with one attached hydrogen (secondary N) is 2. The monoisotopic (exact) mass is 383 g/mol. The Balaban J connectivity index is 1.93. The van der Waals surface area contributed by atoms with Crippen molar-refractivity contribution in [2.24, 2.45) is 5.10 Å². The number of aliphatic hydroxyl groups is 1. The maximum Gasteiger partial charge on any atom is 0.0800 e. The smallest absolute Gasteiger partial charge is 0.0800 e. The molecule has 2 unspecified atom stereocenters. The quantitative estimate of drug-likeness (QED) is 0.560. The van der Waals surface area contributed by atoms with Crippen molar-refractivity contribution in [2.45, 2.75) is 18.6 Å². The molecule has 1 aliphatic rings. The van der Waals surface area contributed by atoms with Gasteiger partial charge in [0.15, 0.2) is 0 Å². The van der Waals surface area contributed by atoms with Gasteiger partial charge in [-0.3, -0.25) is 0 Å². The number of aliphatic hydroxyl groups excluding tert-OH is 1. The molecule has 3 aromatic rings. The molecule has 0 bridgehead atoms. The second kappa shape index (κ2) is 8.33. The highest BCUT2D eigenvalue weighted by atomic mass is 16.3. The zero-order valence-corrected chi connectivity index (χ0v) is 16.5. The fraction of sp³-hybridized carbons (Fsp3) is 0.160. The van der Waals surface area contributed by atoms with E-state index < -0.39 is 0 Å². The molecule has 1 aliphatic heterocycles. The standard InChI is InChI=1S/C25H25N3O/c1-3-18-10-7-11-21-22(18)25(28-26-2)23(19-8-5-4-6-9-19)24(27-21)20-14-12-17(16-29)13-15-20/h3-15,23-24,26-27,29H,1,16H2,2H3/b28-25+. The van der Waals surface area contributed by atoms with Crippen LogP contribution in [0.25, 0.3) is 6.08 Å². The average molecular weight is 383 g/mol. The van der Waals surface area contributed by atoms with Crippen molar-refractivity contribution < 1.29 is 5.11 Å². The fourth-order valence-electron chi connectivity index (χ4n) is 4.07. The van der Waals surface area contributed by atoms with E-state index in [2.05, 4.69) is 65.9 Å². The van der Waals surface area contributed by atoms with E-state index in [4.69, 9.17) is 5.10 Å². The summed E-state index contributed by atoms with van der Waals surface area (Å²) in [6.45, 7) is 4.04. The minimum atomic E-state index is 0.00445. The predicted molar refractivity (Wildman–Crippen MR) is 120 cm³/mol. The molecule has 0 saturated carbocycles. The van der Waals surface area contributed by atoms with Crippen molar-refractivity contribution >= 4 is 17.5 Å². The number of hydrogen-bond acceptors (Lipinski definition) is 4. The van der Waals surface area contributed by atoms with E-state index in [1.165, 1.54) is 5.56 Å². The summed E-state index contributed by atoms with van der Waals surface area (Å²) in [5.41, 5.74) is 10.4. The van der Waals surface area contributed by atoms with Crippen LogP contribution in [0.4, 0.5) is 5.69 Å². The summed E-state index contributed by atoms with van der Waals surface area (Å²) in [7, 11) is 1.83. The molecule has 0 fully saturated rings. The number of anilines is 1. The van der Waals surface area contributed by atoms with Crippen LogP contribution in [0.1, 0.15) is 39.8 Å². The molecule has 0 amide bonds. The molecule has 146 valence electrons. The van der Waals surface area contributed by atoms with Crippen LogP contribution in [-0.2, 0) is 6.61 Å². The second-order valence-electron chi connectivity index (χ2n) is 7.10. The van der Waals surface area contributed by atoms with Gasteiger partial charge in [-0.1, -0.05) is 79.4 Å². The van der Waals surface area contributed by atoms with Gasteiger partial charge in [0.05, 0.1) is 24.3 Å². The zero-order chi connectivity index (χ0) is 20.2. The van der Waals surface area contributed by atoms with Crippen LogP contribution in [-0.4, -0.2) is 17.9 Å². The Labute approximate surface area is 171 Å². The van der Waals surface area contributed by atoms with Crippen LogP contribution in [0.3, 0.4) is 0 Å². The molecule has 0 aliphatic carbocycles. The van der Waals surface area contributed by atoms with Gasteiger partial charge in [-0.05, 0) is 28.3 Å². The number of fused-ring (bicyclic) bond motifs is 1. The highest BCUT2D eigenvalue weighted by Crippen LogP contribution is 2.44. The average Bonchev–Trinajstić information content (AvgIpc) is 2.79. The third-order valence-electron chi connectivity index (χ3n) is 5.42. The van der Waals surface area contributed by atoms with Crippen molar-refractivity contribution in [3.63, 3.8) is 0 Å². The van der Waals surface area contributed by atoms with Gasteiger partial charge in [-0.15, -0.1) is 0 Å². The largest absolute Gasteiger partial charge is 0.392 e. The Bertz CT molecular complexity index is 1030. The summed E-state index contributed by atoms with van der Waals surface area (Å²) in [5.74, 6) is 0.0113. The van der Waals surface area contributed by atoms with E-state index in [0.29, 0.717) is 0 Å². The van der Waals surface area contributed by atoms with Crippen LogP contribution in [0.5, 0.6) is 0 Å².